The molecule has 0 heterocycles. The number of methoxy groups -OCH3 is 1. The Morgan fingerprint density at radius 2 is 1.86 bits per heavy atom. The molecule has 0 unspecified atom stereocenters. The lowest BCUT2D eigenvalue weighted by atomic mass is 10.1. The summed E-state index contributed by atoms with van der Waals surface area (Å²) in [5.74, 6) is 1.43. The standard InChI is InChI=1S/C15H24BrNO4/c1-3-20-14-11-12(4-5-17)10-13(16)15(14)21-9-8-19-7-6-18-2/h10-11H,3-9,17H2,1-2H3. The monoisotopic (exact) mass is 361 g/mol. The van der Waals surface area contributed by atoms with Crippen molar-refractivity contribution >= 4 is 15.9 Å². The molecule has 6 heteroatoms. The van der Waals surface area contributed by atoms with Gasteiger partial charge in [0.15, 0.2) is 11.5 Å². The van der Waals surface area contributed by atoms with Crippen molar-refractivity contribution in [3.05, 3.63) is 22.2 Å². The zero-order valence-electron chi connectivity index (χ0n) is 12.7. The summed E-state index contributed by atoms with van der Waals surface area (Å²) in [7, 11) is 1.65. The molecule has 0 radical (unpaired) electrons. The first-order valence-electron chi connectivity index (χ1n) is 7.07. The van der Waals surface area contributed by atoms with E-state index in [2.05, 4.69) is 15.9 Å². The highest BCUT2D eigenvalue weighted by atomic mass is 79.9. The highest BCUT2D eigenvalue weighted by molar-refractivity contribution is 9.10. The van der Waals surface area contributed by atoms with E-state index in [0.717, 1.165) is 22.2 Å². The number of rotatable bonds is 11. The summed E-state index contributed by atoms with van der Waals surface area (Å²) in [6, 6.07) is 3.98. The molecule has 21 heavy (non-hydrogen) atoms. The maximum Gasteiger partial charge on any atom is 0.175 e. The second kappa shape index (κ2) is 10.8. The molecule has 0 fully saturated rings. The molecule has 0 spiro atoms. The van der Waals surface area contributed by atoms with Crippen LogP contribution in [0.5, 0.6) is 11.5 Å². The highest BCUT2D eigenvalue weighted by Gasteiger charge is 2.12. The van der Waals surface area contributed by atoms with Gasteiger partial charge in [-0.3, -0.25) is 0 Å². The molecule has 2 N–H and O–H groups in total. The van der Waals surface area contributed by atoms with Crippen molar-refractivity contribution in [2.75, 3.05) is 46.7 Å². The molecule has 0 atom stereocenters. The Hall–Kier alpha value is -0.820. The van der Waals surface area contributed by atoms with E-state index in [-0.39, 0.29) is 0 Å². The molecule has 0 aliphatic rings. The number of halogens is 1. The van der Waals surface area contributed by atoms with Gasteiger partial charge in [0.1, 0.15) is 6.61 Å². The van der Waals surface area contributed by atoms with Crippen LogP contribution in [0.3, 0.4) is 0 Å². The molecular weight excluding hydrogens is 338 g/mol. The minimum atomic E-state index is 0.457. The topological polar surface area (TPSA) is 62.9 Å². The minimum Gasteiger partial charge on any atom is -0.490 e. The molecule has 0 aromatic heterocycles. The molecule has 1 rings (SSSR count). The minimum absolute atomic E-state index is 0.457. The molecule has 0 aliphatic carbocycles. The van der Waals surface area contributed by atoms with Crippen molar-refractivity contribution < 1.29 is 18.9 Å². The second-order valence-electron chi connectivity index (χ2n) is 4.33. The summed E-state index contributed by atoms with van der Waals surface area (Å²) in [6.45, 7) is 5.24. The second-order valence-corrected chi connectivity index (χ2v) is 5.18. The summed E-state index contributed by atoms with van der Waals surface area (Å²) in [4.78, 5) is 0. The first kappa shape index (κ1) is 18.2. The third-order valence-corrected chi connectivity index (χ3v) is 3.30. The maximum absolute atomic E-state index is 5.76. The van der Waals surface area contributed by atoms with Gasteiger partial charge in [0.25, 0.3) is 0 Å². The predicted octanol–water partition coefficient (Wildman–Crippen LogP) is 2.39. The van der Waals surface area contributed by atoms with Crippen LogP contribution in [0.15, 0.2) is 16.6 Å². The number of hydrogen-bond acceptors (Lipinski definition) is 5. The third kappa shape index (κ3) is 6.65. The zero-order valence-corrected chi connectivity index (χ0v) is 14.3. The van der Waals surface area contributed by atoms with Gasteiger partial charge < -0.3 is 24.7 Å². The van der Waals surface area contributed by atoms with E-state index in [1.54, 1.807) is 7.11 Å². The van der Waals surface area contributed by atoms with Gasteiger partial charge >= 0.3 is 0 Å². The fourth-order valence-corrected chi connectivity index (χ4v) is 2.39. The smallest absolute Gasteiger partial charge is 0.175 e. The van der Waals surface area contributed by atoms with Crippen LogP contribution in [0.25, 0.3) is 0 Å². The number of hydrogen-bond donors (Lipinski definition) is 1. The van der Waals surface area contributed by atoms with Crippen LogP contribution in [0.2, 0.25) is 0 Å². The molecule has 0 saturated carbocycles. The fourth-order valence-electron chi connectivity index (χ4n) is 1.78. The van der Waals surface area contributed by atoms with Gasteiger partial charge in [-0.15, -0.1) is 0 Å². The van der Waals surface area contributed by atoms with E-state index in [4.69, 9.17) is 24.7 Å². The summed E-state index contributed by atoms with van der Waals surface area (Å²) >= 11 is 3.53. The van der Waals surface area contributed by atoms with Gasteiger partial charge in [0.2, 0.25) is 0 Å². The van der Waals surface area contributed by atoms with Crippen molar-refractivity contribution in [3.8, 4) is 11.5 Å². The Morgan fingerprint density at radius 3 is 2.52 bits per heavy atom. The van der Waals surface area contributed by atoms with E-state index in [0.29, 0.717) is 45.3 Å². The maximum atomic E-state index is 5.76. The molecule has 120 valence electrons. The quantitative estimate of drug-likeness (QED) is 0.613. The Labute approximate surface area is 134 Å². The normalized spacial score (nSPS) is 10.7. The average molecular weight is 362 g/mol. The van der Waals surface area contributed by atoms with Gasteiger partial charge in [-0.25, -0.2) is 0 Å². The largest absolute Gasteiger partial charge is 0.490 e. The van der Waals surface area contributed by atoms with E-state index < -0.39 is 0 Å². The zero-order chi connectivity index (χ0) is 15.5. The Balaban J connectivity index is 2.62. The first-order valence-corrected chi connectivity index (χ1v) is 7.87. The van der Waals surface area contributed by atoms with Crippen molar-refractivity contribution in [3.63, 3.8) is 0 Å². The van der Waals surface area contributed by atoms with Gasteiger partial charge in [0, 0.05) is 7.11 Å². The fraction of sp³-hybridized carbons (Fsp3) is 0.600. The Kier molecular flexibility index (Phi) is 9.41. The Bertz CT molecular complexity index is 415. The van der Waals surface area contributed by atoms with Gasteiger partial charge in [0.05, 0.1) is 30.9 Å². The van der Waals surface area contributed by atoms with Crippen LogP contribution >= 0.6 is 15.9 Å². The summed E-state index contributed by atoms with van der Waals surface area (Å²) < 4.78 is 22.6. The van der Waals surface area contributed by atoms with Crippen LogP contribution in [0, 0.1) is 0 Å². The van der Waals surface area contributed by atoms with Crippen molar-refractivity contribution in [2.45, 2.75) is 13.3 Å². The molecule has 0 aliphatic heterocycles. The molecule has 1 aromatic carbocycles. The van der Waals surface area contributed by atoms with Gasteiger partial charge in [-0.05, 0) is 53.5 Å². The molecule has 1 aromatic rings. The van der Waals surface area contributed by atoms with Crippen LogP contribution in [0.4, 0.5) is 0 Å². The van der Waals surface area contributed by atoms with Crippen molar-refractivity contribution in [1.29, 1.82) is 0 Å². The van der Waals surface area contributed by atoms with Crippen molar-refractivity contribution in [1.82, 2.24) is 0 Å². The van der Waals surface area contributed by atoms with Crippen LogP contribution in [-0.4, -0.2) is 46.7 Å². The summed E-state index contributed by atoms with van der Waals surface area (Å²) in [5.41, 5.74) is 6.72. The lowest BCUT2D eigenvalue weighted by Gasteiger charge is -2.15. The van der Waals surface area contributed by atoms with Crippen LogP contribution < -0.4 is 15.2 Å². The lowest BCUT2D eigenvalue weighted by Crippen LogP contribution is -2.11. The van der Waals surface area contributed by atoms with Crippen LogP contribution in [0.1, 0.15) is 12.5 Å². The first-order chi connectivity index (χ1) is 10.2. The molecule has 0 amide bonds. The number of nitrogens with two attached hydrogens (primary N) is 1. The summed E-state index contributed by atoms with van der Waals surface area (Å²) in [6.07, 6.45) is 0.805. The van der Waals surface area contributed by atoms with Gasteiger partial charge in [-0.2, -0.15) is 0 Å². The molecule has 5 nitrogen and oxygen atoms in total. The number of benzene rings is 1. The van der Waals surface area contributed by atoms with Gasteiger partial charge in [-0.1, -0.05) is 0 Å². The lowest BCUT2D eigenvalue weighted by molar-refractivity contribution is 0.0537. The van der Waals surface area contributed by atoms with Crippen molar-refractivity contribution in [2.24, 2.45) is 5.73 Å². The molecule has 0 saturated heterocycles. The SMILES string of the molecule is CCOc1cc(CCN)cc(Br)c1OCCOCCOC. The van der Waals surface area contributed by atoms with E-state index in [1.165, 1.54) is 0 Å². The predicted molar refractivity (Wildman–Crippen MR) is 86.3 cm³/mol. The highest BCUT2D eigenvalue weighted by Crippen LogP contribution is 2.37. The third-order valence-electron chi connectivity index (χ3n) is 2.71. The molecular formula is C15H24BrNO4. The van der Waals surface area contributed by atoms with Crippen LogP contribution in [-0.2, 0) is 15.9 Å². The van der Waals surface area contributed by atoms with E-state index in [9.17, 15) is 0 Å². The van der Waals surface area contributed by atoms with E-state index in [1.807, 2.05) is 19.1 Å². The average Bonchev–Trinajstić information content (AvgIpc) is 2.45. The number of ether oxygens (including phenoxy) is 4. The Morgan fingerprint density at radius 1 is 1.10 bits per heavy atom. The molecule has 0 bridgehead atoms. The van der Waals surface area contributed by atoms with E-state index >= 15 is 0 Å². The summed E-state index contributed by atoms with van der Waals surface area (Å²) in [5, 5.41) is 0.